The van der Waals surface area contributed by atoms with E-state index in [1.165, 1.54) is 28.0 Å². The van der Waals surface area contributed by atoms with Crippen LogP contribution in [0.15, 0.2) is 35.8 Å². The van der Waals surface area contributed by atoms with Gasteiger partial charge < -0.3 is 26.3 Å². The Bertz CT molecular complexity index is 664. The van der Waals surface area contributed by atoms with Crippen LogP contribution in [0.25, 0.3) is 0 Å². The number of aromatic nitrogens is 1. The molecule has 0 aliphatic heterocycles. The van der Waals surface area contributed by atoms with Crippen LogP contribution in [0.1, 0.15) is 10.4 Å². The number of ketones is 1. The van der Waals surface area contributed by atoms with Gasteiger partial charge in [-0.2, -0.15) is 0 Å². The molecular formula is C12H9BrF3N2O2S-. The number of nitrogens with zero attached hydrogens (tertiary/aromatic N) is 1. The Balaban J connectivity index is 0.00000220. The van der Waals surface area contributed by atoms with Crippen molar-refractivity contribution in [3.05, 3.63) is 46.2 Å². The number of Topliss-reactive ketones (excluding diaryl/α,β-unsaturated/α-hetero) is 1. The number of alkyl halides is 3. The summed E-state index contributed by atoms with van der Waals surface area (Å²) in [5, 5.41) is 9.20. The second-order valence-corrected chi connectivity index (χ2v) is 4.73. The van der Waals surface area contributed by atoms with E-state index in [0.717, 1.165) is 12.1 Å². The fourth-order valence-corrected chi connectivity index (χ4v) is 2.11. The van der Waals surface area contributed by atoms with E-state index in [0.29, 0.717) is 0 Å². The van der Waals surface area contributed by atoms with Crippen molar-refractivity contribution in [1.29, 1.82) is 5.41 Å². The van der Waals surface area contributed by atoms with Gasteiger partial charge in [0.25, 0.3) is 0 Å². The summed E-state index contributed by atoms with van der Waals surface area (Å²) in [6, 6.07) is 4.70. The van der Waals surface area contributed by atoms with Gasteiger partial charge in [-0.3, -0.25) is 10.2 Å². The minimum Gasteiger partial charge on any atom is -1.00 e. The van der Waals surface area contributed by atoms with Crippen LogP contribution in [-0.2, 0) is 6.54 Å². The molecule has 0 bridgehead atoms. The predicted molar refractivity (Wildman–Crippen MR) is 65.6 cm³/mol. The molecule has 0 radical (unpaired) electrons. The quantitative estimate of drug-likeness (QED) is 0.746. The Kier molecular flexibility index (Phi) is 5.73. The van der Waals surface area contributed by atoms with Crippen LogP contribution in [0.2, 0.25) is 0 Å². The third-order valence-corrected chi connectivity index (χ3v) is 3.12. The van der Waals surface area contributed by atoms with Gasteiger partial charge in [0.2, 0.25) is 0 Å². The standard InChI is InChI=1S/C12H9F3N2O2S.BrH/c13-12(14,15)19-9-3-1-8(2-4-9)10(18)7-17-5-6-20-11(17)16;/h1-6,16H,7H2;1H/p-1. The van der Waals surface area contributed by atoms with Gasteiger partial charge in [0, 0.05) is 17.1 Å². The van der Waals surface area contributed by atoms with Crippen LogP contribution in [0.3, 0.4) is 0 Å². The number of carbonyl (C=O) groups excluding carboxylic acids is 1. The van der Waals surface area contributed by atoms with Crippen LogP contribution in [0, 0.1) is 5.41 Å². The molecule has 0 amide bonds. The highest BCUT2D eigenvalue weighted by Gasteiger charge is 2.31. The molecule has 0 unspecified atom stereocenters. The number of ether oxygens (including phenoxy) is 1. The molecule has 0 aliphatic carbocycles. The number of carbonyl (C=O) groups is 1. The van der Waals surface area contributed by atoms with Crippen LogP contribution >= 0.6 is 11.3 Å². The van der Waals surface area contributed by atoms with Crippen molar-refractivity contribution >= 4 is 17.1 Å². The normalized spacial score (nSPS) is 10.8. The smallest absolute Gasteiger partial charge is 0.573 e. The Morgan fingerprint density at radius 2 is 1.90 bits per heavy atom. The number of thiazole rings is 1. The first-order chi connectivity index (χ1) is 9.35. The van der Waals surface area contributed by atoms with Gasteiger partial charge in [0.15, 0.2) is 10.6 Å². The van der Waals surface area contributed by atoms with Crippen LogP contribution in [-0.4, -0.2) is 16.7 Å². The lowest BCUT2D eigenvalue weighted by atomic mass is 10.1. The molecule has 0 spiro atoms. The Morgan fingerprint density at radius 3 is 2.38 bits per heavy atom. The molecule has 0 fully saturated rings. The van der Waals surface area contributed by atoms with Gasteiger partial charge in [-0.1, -0.05) is 0 Å². The number of nitrogens with one attached hydrogen (secondary N) is 1. The monoisotopic (exact) mass is 381 g/mol. The largest absolute Gasteiger partial charge is 1.00 e. The van der Waals surface area contributed by atoms with Crippen molar-refractivity contribution in [1.82, 2.24) is 4.57 Å². The lowest BCUT2D eigenvalue weighted by Gasteiger charge is -2.09. The first kappa shape index (κ1) is 17.4. The lowest BCUT2D eigenvalue weighted by Crippen LogP contribution is -3.00. The first-order valence-corrected chi connectivity index (χ1v) is 6.31. The van der Waals surface area contributed by atoms with E-state index in [9.17, 15) is 18.0 Å². The zero-order valence-electron chi connectivity index (χ0n) is 10.4. The molecule has 2 rings (SSSR count). The maximum Gasteiger partial charge on any atom is 0.573 e. The molecule has 21 heavy (non-hydrogen) atoms. The summed E-state index contributed by atoms with van der Waals surface area (Å²) in [6.07, 6.45) is -3.15. The third kappa shape index (κ3) is 5.01. The summed E-state index contributed by atoms with van der Waals surface area (Å²) in [6.45, 7) is -0.0260. The fourth-order valence-electron chi connectivity index (χ4n) is 1.52. The van der Waals surface area contributed by atoms with Crippen molar-refractivity contribution in [2.45, 2.75) is 12.9 Å². The van der Waals surface area contributed by atoms with Gasteiger partial charge >= 0.3 is 6.36 Å². The summed E-state index contributed by atoms with van der Waals surface area (Å²) in [7, 11) is 0. The molecular weight excluding hydrogens is 373 g/mol. The van der Waals surface area contributed by atoms with Crippen LogP contribution in [0.4, 0.5) is 13.2 Å². The molecule has 0 saturated carbocycles. The number of rotatable bonds is 4. The second-order valence-electron chi connectivity index (χ2n) is 3.83. The van der Waals surface area contributed by atoms with Crippen molar-refractivity contribution in [3.8, 4) is 5.75 Å². The van der Waals surface area contributed by atoms with Gasteiger partial charge in [-0.25, -0.2) is 0 Å². The molecule has 0 aliphatic rings. The molecule has 9 heteroatoms. The minimum atomic E-state index is -4.75. The molecule has 114 valence electrons. The number of benzene rings is 1. The number of halogens is 4. The molecule has 4 nitrogen and oxygen atoms in total. The van der Waals surface area contributed by atoms with E-state index < -0.39 is 6.36 Å². The van der Waals surface area contributed by atoms with Gasteiger partial charge in [-0.15, -0.1) is 24.5 Å². The Hall–Kier alpha value is -1.61. The van der Waals surface area contributed by atoms with E-state index in [4.69, 9.17) is 5.41 Å². The highest BCUT2D eigenvalue weighted by molar-refractivity contribution is 7.06. The molecule has 1 heterocycles. The molecule has 0 saturated heterocycles. The first-order valence-electron chi connectivity index (χ1n) is 5.43. The Morgan fingerprint density at radius 1 is 1.29 bits per heavy atom. The van der Waals surface area contributed by atoms with Crippen LogP contribution in [0.5, 0.6) is 5.75 Å². The average molecular weight is 382 g/mol. The summed E-state index contributed by atoms with van der Waals surface area (Å²) >= 11 is 1.18. The van der Waals surface area contributed by atoms with Gasteiger partial charge in [0.05, 0.1) is 6.54 Å². The molecule has 2 aromatic rings. The van der Waals surface area contributed by atoms with Crippen molar-refractivity contribution in [3.63, 3.8) is 0 Å². The summed E-state index contributed by atoms with van der Waals surface area (Å²) < 4.78 is 41.1. The van der Waals surface area contributed by atoms with Crippen molar-refractivity contribution in [2.75, 3.05) is 0 Å². The zero-order valence-corrected chi connectivity index (χ0v) is 12.8. The topological polar surface area (TPSA) is 55.1 Å². The highest BCUT2D eigenvalue weighted by Crippen LogP contribution is 2.22. The molecule has 0 atom stereocenters. The molecule has 1 N–H and O–H groups in total. The van der Waals surface area contributed by atoms with Gasteiger partial charge in [-0.05, 0) is 24.3 Å². The Labute approximate surface area is 132 Å². The van der Waals surface area contributed by atoms with E-state index in [2.05, 4.69) is 4.74 Å². The molecule has 1 aromatic carbocycles. The number of hydrogen-bond donors (Lipinski definition) is 1. The van der Waals surface area contributed by atoms with Crippen molar-refractivity contribution < 1.29 is 39.7 Å². The maximum absolute atomic E-state index is 12.0. The van der Waals surface area contributed by atoms with Gasteiger partial charge in [0.1, 0.15) is 5.75 Å². The van der Waals surface area contributed by atoms with Crippen LogP contribution < -0.4 is 26.5 Å². The SMILES string of the molecule is N=c1sccn1CC(=O)c1ccc(OC(F)(F)F)cc1.[Br-]. The van der Waals surface area contributed by atoms with E-state index in [1.54, 1.807) is 11.6 Å². The summed E-state index contributed by atoms with van der Waals surface area (Å²) in [4.78, 5) is 12.1. The fraction of sp³-hybridized carbons (Fsp3) is 0.167. The van der Waals surface area contributed by atoms with E-state index in [1.807, 2.05) is 0 Å². The average Bonchev–Trinajstić information content (AvgIpc) is 2.74. The third-order valence-electron chi connectivity index (χ3n) is 2.41. The molecule has 1 aromatic heterocycles. The van der Waals surface area contributed by atoms with Crippen molar-refractivity contribution in [2.24, 2.45) is 0 Å². The minimum absolute atomic E-state index is 0. The summed E-state index contributed by atoms with van der Waals surface area (Å²) in [5.74, 6) is -0.668. The number of hydrogen-bond acceptors (Lipinski definition) is 4. The summed E-state index contributed by atoms with van der Waals surface area (Å²) in [5.41, 5.74) is 0.262. The zero-order chi connectivity index (χ0) is 14.8. The second kappa shape index (κ2) is 6.90. The van der Waals surface area contributed by atoms with E-state index >= 15 is 0 Å². The van der Waals surface area contributed by atoms with E-state index in [-0.39, 0.29) is 45.4 Å². The predicted octanol–water partition coefficient (Wildman–Crippen LogP) is -0.185. The maximum atomic E-state index is 12.0. The lowest BCUT2D eigenvalue weighted by molar-refractivity contribution is -0.274. The highest BCUT2D eigenvalue weighted by atomic mass is 79.9.